The minimum Gasteiger partial charge on any atom is -0.236 e. The van der Waals surface area contributed by atoms with Gasteiger partial charge < -0.3 is 0 Å². The van der Waals surface area contributed by atoms with Gasteiger partial charge in [0.05, 0.1) is 5.69 Å². The van der Waals surface area contributed by atoms with Gasteiger partial charge in [-0.2, -0.15) is 0 Å². The molecule has 2 heterocycles. The molecule has 1 aliphatic rings. The highest BCUT2D eigenvalue weighted by molar-refractivity contribution is 7.14. The summed E-state index contributed by atoms with van der Waals surface area (Å²) in [7, 11) is 0. The van der Waals surface area contributed by atoms with Crippen LogP contribution in [0.15, 0.2) is 17.5 Å². The second kappa shape index (κ2) is 2.20. The molecule has 1 nitrogen and oxygen atoms in total. The van der Waals surface area contributed by atoms with Crippen LogP contribution in [0.25, 0.3) is 21.8 Å². The van der Waals surface area contributed by atoms with Gasteiger partial charge in [0.2, 0.25) is 0 Å². The van der Waals surface area contributed by atoms with E-state index in [0.29, 0.717) is 0 Å². The van der Waals surface area contributed by atoms with E-state index in [1.54, 1.807) is 11.3 Å². The molecular weight excluding hydrogens is 178 g/mol. The van der Waals surface area contributed by atoms with Crippen LogP contribution in [0.1, 0.15) is 11.1 Å². The first-order chi connectivity index (χ1) is 6.27. The van der Waals surface area contributed by atoms with Crippen LogP contribution in [0.2, 0.25) is 0 Å². The molecule has 0 atom stereocenters. The number of fused-ring (bicyclic) bond motifs is 5. The van der Waals surface area contributed by atoms with Crippen LogP contribution in [-0.4, -0.2) is 4.98 Å². The van der Waals surface area contributed by atoms with E-state index in [-0.39, 0.29) is 0 Å². The predicted octanol–water partition coefficient (Wildman–Crippen LogP) is 3.41. The molecule has 1 aromatic carbocycles. The monoisotopic (exact) mass is 187 g/mol. The summed E-state index contributed by atoms with van der Waals surface area (Å²) in [6.45, 7) is 4.33. The van der Waals surface area contributed by atoms with E-state index in [1.165, 1.54) is 27.3 Å². The van der Waals surface area contributed by atoms with Crippen molar-refractivity contribution in [1.82, 2.24) is 4.98 Å². The fourth-order valence-corrected chi connectivity index (χ4v) is 2.75. The largest absolute Gasteiger partial charge is 0.236 e. The smallest absolute Gasteiger partial charge is 0.124 e. The summed E-state index contributed by atoms with van der Waals surface area (Å²) >= 11 is 1.75. The number of aryl methyl sites for hydroxylation is 1. The van der Waals surface area contributed by atoms with Crippen molar-refractivity contribution in [3.63, 3.8) is 0 Å². The van der Waals surface area contributed by atoms with Gasteiger partial charge in [-0.3, -0.25) is 0 Å². The maximum Gasteiger partial charge on any atom is 0.124 e. The van der Waals surface area contributed by atoms with E-state index in [1.807, 2.05) is 0 Å². The third kappa shape index (κ3) is 0.787. The number of nitrogens with zero attached hydrogens (tertiary/aromatic N) is 1. The first kappa shape index (κ1) is 7.27. The molecule has 0 N–H and O–H groups in total. The highest BCUT2D eigenvalue weighted by Crippen LogP contribution is 2.44. The summed E-state index contributed by atoms with van der Waals surface area (Å²) < 4.78 is 0. The number of hydrogen-bond donors (Lipinski definition) is 0. The van der Waals surface area contributed by atoms with E-state index < -0.39 is 0 Å². The first-order valence-electron chi connectivity index (χ1n) is 4.34. The van der Waals surface area contributed by atoms with Crippen LogP contribution in [0, 0.1) is 13.8 Å². The molecule has 0 aliphatic carbocycles. The Morgan fingerprint density at radius 1 is 1.23 bits per heavy atom. The molecule has 0 spiro atoms. The van der Waals surface area contributed by atoms with Crippen LogP contribution in [0.3, 0.4) is 0 Å². The van der Waals surface area contributed by atoms with E-state index in [9.17, 15) is 0 Å². The molecule has 0 unspecified atom stereocenters. The number of thiazole rings is 1. The zero-order valence-electron chi connectivity index (χ0n) is 7.59. The van der Waals surface area contributed by atoms with Gasteiger partial charge in [-0.15, -0.1) is 11.3 Å². The third-order valence-corrected chi connectivity index (χ3v) is 3.59. The van der Waals surface area contributed by atoms with Crippen molar-refractivity contribution in [2.45, 2.75) is 13.8 Å². The van der Waals surface area contributed by atoms with E-state index >= 15 is 0 Å². The standard InChI is InChI=1S/C11H9NS/c1-6-3-4-8-9-5-13-11(12-9)10(8)7(6)2/h3-5H,1-2H3. The second-order valence-electron chi connectivity index (χ2n) is 3.47. The van der Waals surface area contributed by atoms with Gasteiger partial charge in [0.25, 0.3) is 0 Å². The average molecular weight is 187 g/mol. The highest BCUT2D eigenvalue weighted by atomic mass is 32.1. The molecule has 1 aliphatic heterocycles. The van der Waals surface area contributed by atoms with Gasteiger partial charge in [0.1, 0.15) is 5.01 Å². The van der Waals surface area contributed by atoms with Gasteiger partial charge in [0.15, 0.2) is 0 Å². The number of aromatic nitrogens is 1. The Labute approximate surface area is 81.1 Å². The van der Waals surface area contributed by atoms with Crippen molar-refractivity contribution in [3.05, 3.63) is 28.6 Å². The molecule has 1 aromatic heterocycles. The lowest BCUT2D eigenvalue weighted by Crippen LogP contribution is -1.86. The van der Waals surface area contributed by atoms with Crippen molar-refractivity contribution < 1.29 is 0 Å². The molecule has 2 heteroatoms. The Balaban J connectivity index is 2.44. The Bertz CT molecular complexity index is 497. The Morgan fingerprint density at radius 2 is 2.08 bits per heavy atom. The van der Waals surface area contributed by atoms with Gasteiger partial charge in [-0.25, -0.2) is 4.98 Å². The first-order valence-corrected chi connectivity index (χ1v) is 5.22. The average Bonchev–Trinajstić information content (AvgIpc) is 2.70. The van der Waals surface area contributed by atoms with Gasteiger partial charge in [-0.1, -0.05) is 12.1 Å². The fraction of sp³-hybridized carbons (Fsp3) is 0.182. The van der Waals surface area contributed by atoms with Crippen LogP contribution in [0.5, 0.6) is 0 Å². The van der Waals surface area contributed by atoms with Crippen LogP contribution >= 0.6 is 11.3 Å². The van der Waals surface area contributed by atoms with Crippen molar-refractivity contribution in [2.24, 2.45) is 0 Å². The fourth-order valence-electron chi connectivity index (χ4n) is 1.82. The molecule has 0 radical (unpaired) electrons. The molecule has 3 rings (SSSR count). The van der Waals surface area contributed by atoms with Crippen molar-refractivity contribution in [2.75, 3.05) is 0 Å². The van der Waals surface area contributed by atoms with E-state index in [4.69, 9.17) is 0 Å². The van der Waals surface area contributed by atoms with E-state index in [0.717, 1.165) is 5.69 Å². The topological polar surface area (TPSA) is 12.9 Å². The molecule has 0 saturated carbocycles. The predicted molar refractivity (Wildman–Crippen MR) is 56.0 cm³/mol. The third-order valence-electron chi connectivity index (χ3n) is 2.73. The number of rotatable bonds is 0. The van der Waals surface area contributed by atoms with Gasteiger partial charge in [-0.05, 0) is 25.0 Å². The zero-order chi connectivity index (χ0) is 9.00. The molecule has 2 bridgehead atoms. The normalized spacial score (nSPS) is 11.8. The van der Waals surface area contributed by atoms with Crippen LogP contribution in [-0.2, 0) is 0 Å². The van der Waals surface area contributed by atoms with Crippen LogP contribution < -0.4 is 0 Å². The molecular formula is C11H9NS. The Kier molecular flexibility index (Phi) is 1.23. The number of hydrogen-bond acceptors (Lipinski definition) is 2. The minimum atomic E-state index is 1.15. The second-order valence-corrected chi connectivity index (χ2v) is 4.33. The maximum atomic E-state index is 4.51. The lowest BCUT2D eigenvalue weighted by atomic mass is 9.98. The Hall–Kier alpha value is -1.15. The molecule has 0 saturated heterocycles. The summed E-state index contributed by atoms with van der Waals surface area (Å²) in [6, 6.07) is 4.36. The zero-order valence-corrected chi connectivity index (χ0v) is 8.40. The molecule has 0 amide bonds. The molecule has 2 aromatic rings. The SMILES string of the molecule is Cc1ccc2c(c1C)-c1nc-2cs1. The summed E-state index contributed by atoms with van der Waals surface area (Å²) in [6.07, 6.45) is 0. The van der Waals surface area contributed by atoms with Crippen molar-refractivity contribution >= 4 is 11.3 Å². The van der Waals surface area contributed by atoms with Gasteiger partial charge in [0, 0.05) is 16.5 Å². The maximum absolute atomic E-state index is 4.51. The van der Waals surface area contributed by atoms with Crippen molar-refractivity contribution in [1.29, 1.82) is 0 Å². The van der Waals surface area contributed by atoms with E-state index in [2.05, 4.69) is 36.3 Å². The quantitative estimate of drug-likeness (QED) is 0.525. The van der Waals surface area contributed by atoms with Crippen molar-refractivity contribution in [3.8, 4) is 21.8 Å². The lowest BCUT2D eigenvalue weighted by Gasteiger charge is -2.08. The summed E-state index contributed by atoms with van der Waals surface area (Å²) in [4.78, 5) is 4.51. The summed E-state index contributed by atoms with van der Waals surface area (Å²) in [5, 5.41) is 3.32. The Morgan fingerprint density at radius 3 is 2.92 bits per heavy atom. The van der Waals surface area contributed by atoms with Crippen LogP contribution in [0.4, 0.5) is 0 Å². The minimum absolute atomic E-state index is 1.15. The summed E-state index contributed by atoms with van der Waals surface area (Å²) in [5.41, 5.74) is 6.57. The molecule has 64 valence electrons. The number of benzene rings is 1. The van der Waals surface area contributed by atoms with Gasteiger partial charge >= 0.3 is 0 Å². The molecule has 13 heavy (non-hydrogen) atoms. The lowest BCUT2D eigenvalue weighted by molar-refractivity contribution is 1.35. The highest BCUT2D eigenvalue weighted by Gasteiger charge is 2.22. The molecule has 0 fully saturated rings. The summed E-state index contributed by atoms with van der Waals surface area (Å²) in [5.74, 6) is 0.